The highest BCUT2D eigenvalue weighted by Crippen LogP contribution is 2.38. The molecular formula is C7H11F3N2S. The lowest BCUT2D eigenvalue weighted by atomic mass is 10.6. The molecule has 6 heteroatoms. The Bertz CT molecular complexity index is 204. The lowest BCUT2D eigenvalue weighted by molar-refractivity contribution is -0.0353. The quantitative estimate of drug-likeness (QED) is 0.693. The molecule has 76 valence electrons. The molecule has 1 aliphatic heterocycles. The van der Waals surface area contributed by atoms with E-state index in [0.29, 0.717) is 6.54 Å². The van der Waals surface area contributed by atoms with Gasteiger partial charge < -0.3 is 9.80 Å². The van der Waals surface area contributed by atoms with Crippen LogP contribution in [0.2, 0.25) is 0 Å². The van der Waals surface area contributed by atoms with Gasteiger partial charge in [0.25, 0.3) is 0 Å². The van der Waals surface area contributed by atoms with Gasteiger partial charge in [-0.15, -0.1) is 0 Å². The van der Waals surface area contributed by atoms with E-state index in [2.05, 4.69) is 0 Å². The van der Waals surface area contributed by atoms with E-state index in [1.54, 1.807) is 29.2 Å². The van der Waals surface area contributed by atoms with Crippen LogP contribution in [-0.4, -0.2) is 34.4 Å². The molecule has 0 saturated heterocycles. The van der Waals surface area contributed by atoms with Crippen molar-refractivity contribution in [2.45, 2.75) is 17.9 Å². The van der Waals surface area contributed by atoms with Gasteiger partial charge in [-0.3, -0.25) is 0 Å². The summed E-state index contributed by atoms with van der Waals surface area (Å²) in [5.41, 5.74) is -4.83. The summed E-state index contributed by atoms with van der Waals surface area (Å²) in [6, 6.07) is 0. The van der Waals surface area contributed by atoms with Crippen LogP contribution in [0.25, 0.3) is 0 Å². The minimum absolute atomic E-state index is 0.00551. The lowest BCUT2D eigenvalue weighted by Gasteiger charge is -2.29. The Labute approximate surface area is 79.4 Å². The monoisotopic (exact) mass is 212 g/mol. The summed E-state index contributed by atoms with van der Waals surface area (Å²) in [7, 11) is 1.63. The van der Waals surface area contributed by atoms with E-state index in [0.717, 1.165) is 0 Å². The fraction of sp³-hybridized carbons (Fsp3) is 0.714. The van der Waals surface area contributed by atoms with Crippen molar-refractivity contribution in [2.24, 2.45) is 0 Å². The van der Waals surface area contributed by atoms with Gasteiger partial charge in [0.05, 0.1) is 0 Å². The molecule has 0 bridgehead atoms. The zero-order valence-corrected chi connectivity index (χ0v) is 8.19. The molecule has 0 spiro atoms. The highest BCUT2D eigenvalue weighted by Gasteiger charge is 2.37. The molecule has 1 unspecified atom stereocenters. The predicted octanol–water partition coefficient (Wildman–Crippen LogP) is 2.26. The highest BCUT2D eigenvalue weighted by molar-refractivity contribution is 8.00. The number of rotatable bonds is 2. The summed E-state index contributed by atoms with van der Waals surface area (Å²) < 4.78 is 36.2. The molecule has 0 aliphatic carbocycles. The van der Waals surface area contributed by atoms with E-state index in [1.807, 2.05) is 6.92 Å². The van der Waals surface area contributed by atoms with E-state index < -0.39 is 11.0 Å². The fourth-order valence-electron chi connectivity index (χ4n) is 1.10. The molecule has 1 aliphatic rings. The van der Waals surface area contributed by atoms with Gasteiger partial charge >= 0.3 is 5.51 Å². The summed E-state index contributed by atoms with van der Waals surface area (Å²) in [5, 5.41) is 0. The maximum Gasteiger partial charge on any atom is 0.445 e. The van der Waals surface area contributed by atoms with Crippen LogP contribution in [0.1, 0.15) is 6.92 Å². The van der Waals surface area contributed by atoms with Crippen molar-refractivity contribution in [3.05, 3.63) is 12.4 Å². The summed E-state index contributed by atoms with van der Waals surface area (Å²) in [4.78, 5) is 3.18. The number of alkyl halides is 3. The van der Waals surface area contributed by atoms with Crippen LogP contribution >= 0.6 is 11.8 Å². The first-order valence-electron chi connectivity index (χ1n) is 3.84. The molecule has 1 heterocycles. The number of hydrogen-bond donors (Lipinski definition) is 0. The Hall–Kier alpha value is -0.520. The molecule has 0 aromatic heterocycles. The maximum atomic E-state index is 12.1. The molecule has 1 atom stereocenters. The molecule has 0 radical (unpaired) electrons. The van der Waals surface area contributed by atoms with Gasteiger partial charge in [0.15, 0.2) is 5.50 Å². The Morgan fingerprint density at radius 3 is 2.46 bits per heavy atom. The second kappa shape index (κ2) is 3.69. The van der Waals surface area contributed by atoms with Crippen LogP contribution in [0.3, 0.4) is 0 Å². The third-order valence-electron chi connectivity index (χ3n) is 1.73. The average Bonchev–Trinajstić information content (AvgIpc) is 2.30. The van der Waals surface area contributed by atoms with Crippen molar-refractivity contribution in [1.29, 1.82) is 0 Å². The number of hydrogen-bond acceptors (Lipinski definition) is 3. The van der Waals surface area contributed by atoms with Gasteiger partial charge in [-0.1, -0.05) is 0 Å². The van der Waals surface area contributed by atoms with E-state index in [9.17, 15) is 13.2 Å². The molecule has 0 fully saturated rings. The zero-order chi connectivity index (χ0) is 10.1. The van der Waals surface area contributed by atoms with Crippen molar-refractivity contribution in [3.8, 4) is 0 Å². The third kappa shape index (κ3) is 2.72. The molecule has 2 nitrogen and oxygen atoms in total. The van der Waals surface area contributed by atoms with E-state index in [-0.39, 0.29) is 11.8 Å². The summed E-state index contributed by atoms with van der Waals surface area (Å²) >= 11 is -0.00551. The van der Waals surface area contributed by atoms with E-state index in [1.165, 1.54) is 0 Å². The van der Waals surface area contributed by atoms with E-state index in [4.69, 9.17) is 0 Å². The first-order valence-corrected chi connectivity index (χ1v) is 4.72. The van der Waals surface area contributed by atoms with Crippen LogP contribution in [0.4, 0.5) is 13.2 Å². The number of nitrogens with zero attached hydrogens (tertiary/aromatic N) is 2. The maximum absolute atomic E-state index is 12.1. The predicted molar refractivity (Wildman–Crippen MR) is 46.7 cm³/mol. The fourth-order valence-corrected chi connectivity index (χ4v) is 1.93. The van der Waals surface area contributed by atoms with E-state index >= 15 is 0 Å². The molecule has 0 amide bonds. The summed E-state index contributed by atoms with van der Waals surface area (Å²) in [5.74, 6) is 0. The van der Waals surface area contributed by atoms with Crippen molar-refractivity contribution >= 4 is 11.8 Å². The zero-order valence-electron chi connectivity index (χ0n) is 7.38. The van der Waals surface area contributed by atoms with Gasteiger partial charge in [-0.05, 0) is 18.7 Å². The Morgan fingerprint density at radius 1 is 1.38 bits per heavy atom. The molecule has 0 aromatic rings. The first-order chi connectivity index (χ1) is 5.94. The van der Waals surface area contributed by atoms with Crippen LogP contribution in [0, 0.1) is 0 Å². The largest absolute Gasteiger partial charge is 0.445 e. The van der Waals surface area contributed by atoms with Crippen LogP contribution in [-0.2, 0) is 0 Å². The van der Waals surface area contributed by atoms with Gasteiger partial charge in [0.2, 0.25) is 0 Å². The second-order valence-corrected chi connectivity index (χ2v) is 3.80. The standard InChI is InChI=1S/C7H11F3N2S/c1-3-12-5-4-11(2)6(12)13-7(8,9)10/h4-6H,3H2,1-2H3. The third-order valence-corrected chi connectivity index (χ3v) is 2.81. The molecule has 0 aromatic carbocycles. The van der Waals surface area contributed by atoms with Crippen LogP contribution in [0.5, 0.6) is 0 Å². The first kappa shape index (κ1) is 10.6. The van der Waals surface area contributed by atoms with Crippen molar-refractivity contribution in [1.82, 2.24) is 9.80 Å². The molecule has 13 heavy (non-hydrogen) atoms. The SMILES string of the molecule is CCN1C=CN(C)C1SC(F)(F)F. The van der Waals surface area contributed by atoms with Crippen LogP contribution in [0.15, 0.2) is 12.4 Å². The van der Waals surface area contributed by atoms with Crippen molar-refractivity contribution in [3.63, 3.8) is 0 Å². The minimum Gasteiger partial charge on any atom is -0.350 e. The summed E-state index contributed by atoms with van der Waals surface area (Å²) in [6.07, 6.45) is 3.32. The van der Waals surface area contributed by atoms with Crippen molar-refractivity contribution in [2.75, 3.05) is 13.6 Å². The smallest absolute Gasteiger partial charge is 0.350 e. The average molecular weight is 212 g/mol. The molecular weight excluding hydrogens is 201 g/mol. The van der Waals surface area contributed by atoms with Crippen molar-refractivity contribution < 1.29 is 13.2 Å². The molecule has 1 rings (SSSR count). The molecule has 0 N–H and O–H groups in total. The topological polar surface area (TPSA) is 6.48 Å². The number of thioether (sulfide) groups is 1. The van der Waals surface area contributed by atoms with Gasteiger partial charge in [0.1, 0.15) is 0 Å². The molecule has 0 saturated carbocycles. The second-order valence-electron chi connectivity index (χ2n) is 2.68. The Kier molecular flexibility index (Phi) is 3.00. The Balaban J connectivity index is 2.58. The minimum atomic E-state index is -4.18. The van der Waals surface area contributed by atoms with Gasteiger partial charge in [0, 0.05) is 26.0 Å². The lowest BCUT2D eigenvalue weighted by Crippen LogP contribution is -2.35. The Morgan fingerprint density at radius 2 is 2.00 bits per heavy atom. The van der Waals surface area contributed by atoms with Crippen LogP contribution < -0.4 is 0 Å². The van der Waals surface area contributed by atoms with Gasteiger partial charge in [-0.25, -0.2) is 0 Å². The number of halogens is 3. The normalized spacial score (nSPS) is 23.0. The highest BCUT2D eigenvalue weighted by atomic mass is 32.2. The van der Waals surface area contributed by atoms with Gasteiger partial charge in [-0.2, -0.15) is 13.2 Å². The summed E-state index contributed by atoms with van der Waals surface area (Å²) in [6.45, 7) is 2.40.